The summed E-state index contributed by atoms with van der Waals surface area (Å²) in [6.45, 7) is 8.32. The lowest BCUT2D eigenvalue weighted by atomic mass is 10.1. The number of hydrogen-bond donors (Lipinski definition) is 0. The Hall–Kier alpha value is -3.15. The van der Waals surface area contributed by atoms with Crippen molar-refractivity contribution in [3.63, 3.8) is 0 Å². The molecule has 0 bridgehead atoms. The van der Waals surface area contributed by atoms with Crippen LogP contribution >= 0.6 is 23.2 Å². The molecule has 0 aliphatic carbocycles. The monoisotopic (exact) mass is 507 g/mol. The number of halogens is 2. The SMILES string of the molecule is CCCN(C(=O)c1ccc(Cl)cc1Cl)C(C)c1nc2ccccc2c(=O)n1-c1cc(C)ccc1C. The molecule has 7 heteroatoms. The van der Waals surface area contributed by atoms with Crippen molar-refractivity contribution in [2.24, 2.45) is 0 Å². The van der Waals surface area contributed by atoms with Gasteiger partial charge in [-0.3, -0.25) is 14.2 Å². The predicted octanol–water partition coefficient (Wildman–Crippen LogP) is 6.92. The number of amides is 1. The van der Waals surface area contributed by atoms with Crippen molar-refractivity contribution in [1.29, 1.82) is 0 Å². The third-order valence-electron chi connectivity index (χ3n) is 6.14. The Labute approximate surface area is 214 Å². The van der Waals surface area contributed by atoms with Gasteiger partial charge >= 0.3 is 0 Å². The van der Waals surface area contributed by atoms with Gasteiger partial charge in [0, 0.05) is 11.6 Å². The van der Waals surface area contributed by atoms with Crippen molar-refractivity contribution >= 4 is 40.0 Å². The van der Waals surface area contributed by atoms with E-state index in [0.29, 0.717) is 33.9 Å². The Morgan fingerprint density at radius 1 is 1.06 bits per heavy atom. The number of carbonyl (C=O) groups is 1. The summed E-state index contributed by atoms with van der Waals surface area (Å²) in [6.07, 6.45) is 0.725. The van der Waals surface area contributed by atoms with Crippen LogP contribution in [-0.2, 0) is 0 Å². The van der Waals surface area contributed by atoms with E-state index in [9.17, 15) is 9.59 Å². The molecule has 1 aromatic heterocycles. The van der Waals surface area contributed by atoms with E-state index in [1.807, 2.05) is 64.1 Å². The first-order valence-corrected chi connectivity index (χ1v) is 12.3. The molecule has 0 fully saturated rings. The zero-order valence-electron chi connectivity index (χ0n) is 20.2. The maximum absolute atomic E-state index is 13.8. The molecule has 35 heavy (non-hydrogen) atoms. The molecule has 0 radical (unpaired) electrons. The van der Waals surface area contributed by atoms with E-state index < -0.39 is 6.04 Å². The molecule has 0 saturated heterocycles. The minimum absolute atomic E-state index is 0.167. The molecular formula is C28H27Cl2N3O2. The fourth-order valence-corrected chi connectivity index (χ4v) is 4.78. The van der Waals surface area contributed by atoms with E-state index in [2.05, 4.69) is 0 Å². The van der Waals surface area contributed by atoms with Crippen molar-refractivity contribution in [3.8, 4) is 5.69 Å². The van der Waals surface area contributed by atoms with Gasteiger partial charge in [-0.25, -0.2) is 4.98 Å². The van der Waals surface area contributed by atoms with Crippen molar-refractivity contribution in [2.75, 3.05) is 6.54 Å². The Kier molecular flexibility index (Phi) is 7.29. The van der Waals surface area contributed by atoms with Gasteiger partial charge in [-0.15, -0.1) is 0 Å². The van der Waals surface area contributed by atoms with E-state index in [1.54, 1.807) is 33.7 Å². The highest BCUT2D eigenvalue weighted by Crippen LogP contribution is 2.29. The molecule has 1 heterocycles. The summed E-state index contributed by atoms with van der Waals surface area (Å²) in [5.41, 5.74) is 3.51. The summed E-state index contributed by atoms with van der Waals surface area (Å²) >= 11 is 12.4. The van der Waals surface area contributed by atoms with E-state index in [1.165, 1.54) is 0 Å². The third-order valence-corrected chi connectivity index (χ3v) is 6.68. The molecule has 5 nitrogen and oxygen atoms in total. The summed E-state index contributed by atoms with van der Waals surface area (Å²) in [4.78, 5) is 34.1. The topological polar surface area (TPSA) is 55.2 Å². The lowest BCUT2D eigenvalue weighted by Gasteiger charge is -2.31. The fraction of sp³-hybridized carbons (Fsp3) is 0.250. The van der Waals surface area contributed by atoms with Crippen molar-refractivity contribution < 1.29 is 4.79 Å². The lowest BCUT2D eigenvalue weighted by Crippen LogP contribution is -2.38. The Bertz CT molecular complexity index is 1480. The summed E-state index contributed by atoms with van der Waals surface area (Å²) in [7, 11) is 0. The normalized spacial score (nSPS) is 12.1. The molecular weight excluding hydrogens is 481 g/mol. The summed E-state index contributed by atoms with van der Waals surface area (Å²) < 4.78 is 1.65. The number of hydrogen-bond acceptors (Lipinski definition) is 3. The Balaban J connectivity index is 1.95. The molecule has 4 aromatic rings. The van der Waals surface area contributed by atoms with Crippen LogP contribution < -0.4 is 5.56 Å². The highest BCUT2D eigenvalue weighted by atomic mass is 35.5. The molecule has 3 aromatic carbocycles. The zero-order valence-corrected chi connectivity index (χ0v) is 21.7. The lowest BCUT2D eigenvalue weighted by molar-refractivity contribution is 0.0681. The van der Waals surface area contributed by atoms with Crippen LogP contribution in [-0.4, -0.2) is 26.9 Å². The van der Waals surface area contributed by atoms with Crippen LogP contribution in [0.25, 0.3) is 16.6 Å². The highest BCUT2D eigenvalue weighted by Gasteiger charge is 2.28. The van der Waals surface area contributed by atoms with Gasteiger partial charge in [0.2, 0.25) is 0 Å². The van der Waals surface area contributed by atoms with Crippen LogP contribution in [0.5, 0.6) is 0 Å². The summed E-state index contributed by atoms with van der Waals surface area (Å²) in [5, 5.41) is 1.27. The van der Waals surface area contributed by atoms with Gasteiger partial charge in [0.05, 0.1) is 33.2 Å². The number of para-hydroxylation sites is 1. The first kappa shape index (κ1) is 25.0. The summed E-state index contributed by atoms with van der Waals surface area (Å²) in [6, 6.07) is 17.6. The Morgan fingerprint density at radius 3 is 2.51 bits per heavy atom. The molecule has 1 unspecified atom stereocenters. The maximum Gasteiger partial charge on any atom is 0.266 e. The predicted molar refractivity (Wildman–Crippen MR) is 143 cm³/mol. The van der Waals surface area contributed by atoms with Crippen LogP contribution in [0.2, 0.25) is 10.0 Å². The average molecular weight is 508 g/mol. The number of nitrogens with zero attached hydrogens (tertiary/aromatic N) is 3. The zero-order chi connectivity index (χ0) is 25.3. The molecule has 0 aliphatic heterocycles. The molecule has 4 rings (SSSR count). The number of aromatic nitrogens is 2. The first-order chi connectivity index (χ1) is 16.7. The van der Waals surface area contributed by atoms with Gasteiger partial charge in [-0.05, 0) is 74.7 Å². The van der Waals surface area contributed by atoms with Gasteiger partial charge in [0.1, 0.15) is 5.82 Å². The van der Waals surface area contributed by atoms with Crippen LogP contribution in [0.4, 0.5) is 0 Å². The van der Waals surface area contributed by atoms with E-state index in [-0.39, 0.29) is 16.5 Å². The number of benzene rings is 3. The minimum Gasteiger partial charge on any atom is -0.329 e. The van der Waals surface area contributed by atoms with Crippen LogP contribution in [0.3, 0.4) is 0 Å². The van der Waals surface area contributed by atoms with E-state index in [0.717, 1.165) is 23.2 Å². The molecule has 0 aliphatic rings. The molecule has 0 N–H and O–H groups in total. The van der Waals surface area contributed by atoms with Gasteiger partial charge in [0.25, 0.3) is 11.5 Å². The van der Waals surface area contributed by atoms with Gasteiger partial charge in [0.15, 0.2) is 0 Å². The largest absolute Gasteiger partial charge is 0.329 e. The Morgan fingerprint density at radius 2 is 1.80 bits per heavy atom. The highest BCUT2D eigenvalue weighted by molar-refractivity contribution is 6.36. The van der Waals surface area contributed by atoms with Gasteiger partial charge in [-0.1, -0.05) is 54.4 Å². The number of aryl methyl sites for hydroxylation is 2. The first-order valence-electron chi connectivity index (χ1n) is 11.6. The van der Waals surface area contributed by atoms with E-state index in [4.69, 9.17) is 28.2 Å². The van der Waals surface area contributed by atoms with Crippen molar-refractivity contribution in [2.45, 2.75) is 40.2 Å². The second-order valence-electron chi connectivity index (χ2n) is 8.72. The van der Waals surface area contributed by atoms with Gasteiger partial charge < -0.3 is 4.90 Å². The fourth-order valence-electron chi connectivity index (χ4n) is 4.29. The van der Waals surface area contributed by atoms with Crippen LogP contribution in [0, 0.1) is 13.8 Å². The molecule has 1 atom stereocenters. The molecule has 180 valence electrons. The number of fused-ring (bicyclic) bond motifs is 1. The van der Waals surface area contributed by atoms with Crippen LogP contribution in [0.15, 0.2) is 65.5 Å². The second kappa shape index (κ2) is 10.2. The third kappa shape index (κ3) is 4.84. The van der Waals surface area contributed by atoms with E-state index >= 15 is 0 Å². The van der Waals surface area contributed by atoms with Gasteiger partial charge in [-0.2, -0.15) is 0 Å². The maximum atomic E-state index is 13.8. The molecule has 1 amide bonds. The smallest absolute Gasteiger partial charge is 0.266 e. The molecule has 0 spiro atoms. The van der Waals surface area contributed by atoms with Crippen molar-refractivity contribution in [1.82, 2.24) is 14.5 Å². The molecule has 0 saturated carbocycles. The van der Waals surface area contributed by atoms with Crippen LogP contribution in [0.1, 0.15) is 53.6 Å². The minimum atomic E-state index is -0.508. The second-order valence-corrected chi connectivity index (χ2v) is 9.56. The number of carbonyl (C=O) groups excluding carboxylic acids is 1. The summed E-state index contributed by atoms with van der Waals surface area (Å²) in [5.74, 6) is 0.255. The quantitative estimate of drug-likeness (QED) is 0.284. The average Bonchev–Trinajstić information content (AvgIpc) is 2.83. The van der Waals surface area contributed by atoms with Crippen molar-refractivity contribution in [3.05, 3.63) is 104 Å². The number of rotatable bonds is 6. The standard InChI is InChI=1S/C28H27Cl2N3O2/c1-5-14-32(27(34)21-13-12-20(29)16-23(21)30)19(4)26-31-24-9-7-6-8-22(24)28(35)33(26)25-15-17(2)10-11-18(25)3/h6-13,15-16,19H,5,14H2,1-4H3.